The van der Waals surface area contributed by atoms with Gasteiger partial charge in [-0.25, -0.2) is 4.79 Å². The fraction of sp³-hybridized carbons (Fsp3) is 0.774. The van der Waals surface area contributed by atoms with E-state index in [1.165, 1.54) is 83.5 Å². The molecule has 0 aliphatic rings. The van der Waals surface area contributed by atoms with Crippen molar-refractivity contribution in [1.29, 1.82) is 0 Å². The van der Waals surface area contributed by atoms with Gasteiger partial charge in [-0.1, -0.05) is 122 Å². The zero-order chi connectivity index (χ0) is 25.4. The van der Waals surface area contributed by atoms with Crippen molar-refractivity contribution in [2.24, 2.45) is 0 Å². The molecule has 0 saturated carbocycles. The van der Waals surface area contributed by atoms with Crippen molar-refractivity contribution < 1.29 is 19.0 Å². The Balaban J connectivity index is 2.01. The third-order valence-electron chi connectivity index (χ3n) is 6.72. The van der Waals surface area contributed by atoms with Crippen LogP contribution in [-0.2, 0) is 20.6 Å². The van der Waals surface area contributed by atoms with Gasteiger partial charge in [0, 0.05) is 13.7 Å². The van der Waals surface area contributed by atoms with Gasteiger partial charge in [-0.05, 0) is 30.9 Å². The van der Waals surface area contributed by atoms with Gasteiger partial charge in [0.25, 0.3) is 0 Å². The summed E-state index contributed by atoms with van der Waals surface area (Å²) in [6.07, 6.45) is 21.8. The monoisotopic (exact) mass is 490 g/mol. The molecular weight excluding hydrogens is 436 g/mol. The third-order valence-corrected chi connectivity index (χ3v) is 6.72. The van der Waals surface area contributed by atoms with E-state index >= 15 is 0 Å². The molecule has 0 heterocycles. The number of aryl methyl sites for hydroxylation is 1. The maximum Gasteiger partial charge on any atom is 0.338 e. The average Bonchev–Trinajstić information content (AvgIpc) is 2.88. The molecule has 1 rings (SSSR count). The number of rotatable bonds is 24. The fourth-order valence-electron chi connectivity index (χ4n) is 4.35. The minimum Gasteiger partial charge on any atom is -0.459 e. The molecule has 0 aromatic heterocycles. The number of ether oxygens (including phenoxy) is 3. The van der Waals surface area contributed by atoms with Gasteiger partial charge >= 0.3 is 5.97 Å². The number of carbonyl (C=O) groups excluding carboxylic acids is 1. The topological polar surface area (TPSA) is 44.8 Å². The highest BCUT2D eigenvalue weighted by atomic mass is 16.6. The second kappa shape index (κ2) is 23.0. The molecule has 0 bridgehead atoms. The second-order valence-corrected chi connectivity index (χ2v) is 9.89. The largest absolute Gasteiger partial charge is 0.459 e. The van der Waals surface area contributed by atoms with Gasteiger partial charge in [0.15, 0.2) is 0 Å². The lowest BCUT2D eigenvalue weighted by Crippen LogP contribution is -2.26. The van der Waals surface area contributed by atoms with Crippen molar-refractivity contribution in [1.82, 2.24) is 0 Å². The molecule has 0 aliphatic heterocycles. The van der Waals surface area contributed by atoms with Gasteiger partial charge in [0.1, 0.15) is 12.7 Å². The van der Waals surface area contributed by atoms with Crippen LogP contribution in [0.15, 0.2) is 24.3 Å². The van der Waals surface area contributed by atoms with Crippen molar-refractivity contribution in [3.05, 3.63) is 35.4 Å². The lowest BCUT2D eigenvalue weighted by molar-refractivity contribution is -0.0314. The molecule has 35 heavy (non-hydrogen) atoms. The third kappa shape index (κ3) is 16.8. The highest BCUT2D eigenvalue weighted by Crippen LogP contribution is 2.15. The normalized spacial score (nSPS) is 12.1. The number of carbonyl (C=O) groups is 1. The van der Waals surface area contributed by atoms with E-state index in [-0.39, 0.29) is 18.7 Å². The number of methoxy groups -OCH3 is 1. The van der Waals surface area contributed by atoms with Crippen LogP contribution >= 0.6 is 0 Å². The molecule has 1 unspecified atom stereocenters. The van der Waals surface area contributed by atoms with Crippen LogP contribution in [0.1, 0.15) is 133 Å². The molecule has 1 aromatic carbocycles. The molecule has 1 atom stereocenters. The average molecular weight is 491 g/mol. The predicted octanol–water partition coefficient (Wildman–Crippen LogP) is 8.70. The molecular formula is C31H54O4. The van der Waals surface area contributed by atoms with Crippen molar-refractivity contribution in [2.75, 3.05) is 26.9 Å². The van der Waals surface area contributed by atoms with Crippen LogP contribution in [0.3, 0.4) is 0 Å². The number of esters is 1. The summed E-state index contributed by atoms with van der Waals surface area (Å²) in [6, 6.07) is 7.73. The van der Waals surface area contributed by atoms with E-state index in [4.69, 9.17) is 14.2 Å². The molecule has 4 nitrogen and oxygen atoms in total. The lowest BCUT2D eigenvalue weighted by atomic mass is 10.0. The van der Waals surface area contributed by atoms with E-state index in [0.29, 0.717) is 12.2 Å². The summed E-state index contributed by atoms with van der Waals surface area (Å²) >= 11 is 0. The SMILES string of the molecule is CCCCCCCCCCCCCCCCOCC(COC(=O)c1ccccc1CCCC)OC. The number of unbranched alkanes of at least 4 members (excludes halogenated alkanes) is 14. The van der Waals surface area contributed by atoms with E-state index < -0.39 is 0 Å². The Morgan fingerprint density at radius 1 is 0.714 bits per heavy atom. The van der Waals surface area contributed by atoms with Gasteiger partial charge in [-0.2, -0.15) is 0 Å². The summed E-state index contributed by atoms with van der Waals surface area (Å²) < 4.78 is 16.8. The van der Waals surface area contributed by atoms with Crippen LogP contribution < -0.4 is 0 Å². The summed E-state index contributed by atoms with van der Waals surface area (Å²) in [6.45, 7) is 5.85. The molecule has 1 aromatic rings. The minimum atomic E-state index is -0.272. The van der Waals surface area contributed by atoms with Gasteiger partial charge in [-0.15, -0.1) is 0 Å². The Morgan fingerprint density at radius 3 is 1.83 bits per heavy atom. The molecule has 0 aliphatic carbocycles. The van der Waals surface area contributed by atoms with Crippen molar-refractivity contribution in [3.8, 4) is 0 Å². The van der Waals surface area contributed by atoms with Crippen LogP contribution in [0.5, 0.6) is 0 Å². The standard InChI is InChI=1S/C31H54O4/c1-4-6-8-9-10-11-12-13-14-15-16-17-18-21-25-34-26-29(33-3)27-35-31(32)30-24-20-19-23-28(30)22-7-5-2/h19-20,23-24,29H,4-18,21-22,25-27H2,1-3H3. The Bertz CT molecular complexity index is 616. The molecule has 0 spiro atoms. The van der Waals surface area contributed by atoms with Crippen LogP contribution in [0.4, 0.5) is 0 Å². The lowest BCUT2D eigenvalue weighted by Gasteiger charge is -2.16. The molecule has 0 amide bonds. The molecule has 0 saturated heterocycles. The van der Waals surface area contributed by atoms with Crippen LogP contribution in [-0.4, -0.2) is 39.0 Å². The maximum absolute atomic E-state index is 12.6. The first-order chi connectivity index (χ1) is 17.2. The Hall–Kier alpha value is -1.39. The summed E-state index contributed by atoms with van der Waals surface area (Å²) in [5.41, 5.74) is 1.72. The zero-order valence-corrected chi connectivity index (χ0v) is 23.2. The molecule has 0 N–H and O–H groups in total. The first-order valence-corrected chi connectivity index (χ1v) is 14.6. The minimum absolute atomic E-state index is 0.218. The van der Waals surface area contributed by atoms with Gasteiger partial charge in [-0.3, -0.25) is 0 Å². The molecule has 202 valence electrons. The van der Waals surface area contributed by atoms with Crippen molar-refractivity contribution >= 4 is 5.97 Å². The van der Waals surface area contributed by atoms with E-state index in [1.807, 2.05) is 24.3 Å². The highest BCUT2D eigenvalue weighted by Gasteiger charge is 2.15. The molecule has 0 fully saturated rings. The van der Waals surface area contributed by atoms with E-state index in [2.05, 4.69) is 13.8 Å². The number of hydrogen-bond donors (Lipinski definition) is 0. The number of benzene rings is 1. The predicted molar refractivity (Wildman–Crippen MR) is 147 cm³/mol. The van der Waals surface area contributed by atoms with Gasteiger partial charge < -0.3 is 14.2 Å². The highest BCUT2D eigenvalue weighted by molar-refractivity contribution is 5.91. The van der Waals surface area contributed by atoms with E-state index in [1.54, 1.807) is 7.11 Å². The Labute approximate surface area is 216 Å². The molecule has 0 radical (unpaired) electrons. The number of hydrogen-bond acceptors (Lipinski definition) is 4. The Morgan fingerprint density at radius 2 is 1.26 bits per heavy atom. The summed E-state index contributed by atoms with van der Waals surface area (Å²) in [7, 11) is 1.64. The zero-order valence-electron chi connectivity index (χ0n) is 23.2. The maximum atomic E-state index is 12.6. The van der Waals surface area contributed by atoms with Crippen LogP contribution in [0.2, 0.25) is 0 Å². The van der Waals surface area contributed by atoms with Crippen molar-refractivity contribution in [2.45, 2.75) is 129 Å². The Kier molecular flexibility index (Phi) is 20.8. The summed E-state index contributed by atoms with van der Waals surface area (Å²) in [5, 5.41) is 0. The van der Waals surface area contributed by atoms with Gasteiger partial charge in [0.2, 0.25) is 0 Å². The van der Waals surface area contributed by atoms with Gasteiger partial charge in [0.05, 0.1) is 12.2 Å². The van der Waals surface area contributed by atoms with Crippen LogP contribution in [0, 0.1) is 0 Å². The van der Waals surface area contributed by atoms with E-state index in [9.17, 15) is 4.79 Å². The van der Waals surface area contributed by atoms with Crippen molar-refractivity contribution in [3.63, 3.8) is 0 Å². The fourth-order valence-corrected chi connectivity index (χ4v) is 4.35. The van der Waals surface area contributed by atoms with Crippen LogP contribution in [0.25, 0.3) is 0 Å². The smallest absolute Gasteiger partial charge is 0.338 e. The summed E-state index contributed by atoms with van der Waals surface area (Å²) in [4.78, 5) is 12.6. The van der Waals surface area contributed by atoms with E-state index in [0.717, 1.165) is 37.9 Å². The first-order valence-electron chi connectivity index (χ1n) is 14.6. The first kappa shape index (κ1) is 31.6. The second-order valence-electron chi connectivity index (χ2n) is 9.89. The molecule has 4 heteroatoms. The summed E-state index contributed by atoms with van der Waals surface area (Å²) in [5.74, 6) is -0.272. The quantitative estimate of drug-likeness (QED) is 0.107.